The van der Waals surface area contributed by atoms with Crippen molar-refractivity contribution in [2.24, 2.45) is 5.92 Å². The first kappa shape index (κ1) is 19.2. The highest BCUT2D eigenvalue weighted by Crippen LogP contribution is 2.37. The number of allylic oxidation sites excluding steroid dienone is 1. The molecule has 0 radical (unpaired) electrons. The van der Waals surface area contributed by atoms with Crippen LogP contribution < -0.4 is 0 Å². The number of nitrogens with zero attached hydrogens (tertiary/aromatic N) is 1. The monoisotopic (exact) mass is 407 g/mol. The Morgan fingerprint density at radius 2 is 2.03 bits per heavy atom. The van der Waals surface area contributed by atoms with Crippen LogP contribution in [0.5, 0.6) is 0 Å². The van der Waals surface area contributed by atoms with E-state index in [0.717, 1.165) is 5.56 Å². The zero-order valence-corrected chi connectivity index (χ0v) is 16.2. The van der Waals surface area contributed by atoms with Gasteiger partial charge in [-0.1, -0.05) is 48.5 Å². The van der Waals surface area contributed by atoms with Gasteiger partial charge >= 0.3 is 5.97 Å². The van der Waals surface area contributed by atoms with Crippen LogP contribution in [0.3, 0.4) is 0 Å². The van der Waals surface area contributed by atoms with Gasteiger partial charge in [0.15, 0.2) is 0 Å². The summed E-state index contributed by atoms with van der Waals surface area (Å²) in [4.78, 5) is 24.5. The number of fused-ring (bicyclic) bond motifs is 1. The van der Waals surface area contributed by atoms with E-state index in [1.165, 1.54) is 10.6 Å². The molecule has 2 heterocycles. The van der Waals surface area contributed by atoms with E-state index in [0.29, 0.717) is 21.5 Å². The molecule has 2 atom stereocenters. The van der Waals surface area contributed by atoms with Crippen molar-refractivity contribution in [1.29, 1.82) is 0 Å². The van der Waals surface area contributed by atoms with Crippen LogP contribution >= 0.6 is 11.6 Å². The molecule has 3 aromatic rings. The minimum absolute atomic E-state index is 0.0495. The second-order valence-electron chi connectivity index (χ2n) is 6.87. The molecule has 1 aliphatic rings. The molecule has 0 spiro atoms. The molecule has 1 saturated heterocycles. The van der Waals surface area contributed by atoms with Crippen LogP contribution in [-0.4, -0.2) is 28.2 Å². The third-order valence-electron chi connectivity index (χ3n) is 5.06. The Labute approximate surface area is 172 Å². The van der Waals surface area contributed by atoms with E-state index < -0.39 is 18.0 Å². The zero-order chi connectivity index (χ0) is 20.5. The predicted octanol–water partition coefficient (Wildman–Crippen LogP) is 4.41. The van der Waals surface area contributed by atoms with Gasteiger partial charge in [0.1, 0.15) is 6.61 Å². The highest BCUT2D eigenvalue weighted by molar-refractivity contribution is 6.31. The zero-order valence-electron chi connectivity index (χ0n) is 15.4. The summed E-state index contributed by atoms with van der Waals surface area (Å²) in [7, 11) is 0. The predicted molar refractivity (Wildman–Crippen MR) is 112 cm³/mol. The summed E-state index contributed by atoms with van der Waals surface area (Å²) in [6, 6.07) is 14.6. The van der Waals surface area contributed by atoms with Gasteiger partial charge in [0.25, 0.3) is 5.91 Å². The first-order valence-corrected chi connectivity index (χ1v) is 9.45. The van der Waals surface area contributed by atoms with Gasteiger partial charge < -0.3 is 9.84 Å². The number of halogens is 1. The maximum Gasteiger partial charge on any atom is 0.333 e. The van der Waals surface area contributed by atoms with Crippen molar-refractivity contribution in [3.8, 4) is 0 Å². The smallest absolute Gasteiger partial charge is 0.333 e. The number of benzene rings is 2. The lowest BCUT2D eigenvalue weighted by atomic mass is 9.92. The fourth-order valence-electron chi connectivity index (χ4n) is 3.47. The number of aromatic nitrogens is 1. The molecule has 0 amide bonds. The number of rotatable bonds is 4. The normalized spacial score (nSPS) is 17.8. The second-order valence-corrected chi connectivity index (χ2v) is 7.31. The first-order chi connectivity index (χ1) is 14.0. The molecule has 6 heteroatoms. The average Bonchev–Trinajstić information content (AvgIpc) is 3.26. The third kappa shape index (κ3) is 3.62. The average molecular weight is 408 g/mol. The van der Waals surface area contributed by atoms with E-state index in [-0.39, 0.29) is 18.1 Å². The molecule has 0 aliphatic carbocycles. The van der Waals surface area contributed by atoms with Crippen molar-refractivity contribution in [2.45, 2.75) is 6.10 Å². The maximum absolute atomic E-state index is 12.9. The lowest BCUT2D eigenvalue weighted by Gasteiger charge is -2.15. The van der Waals surface area contributed by atoms with E-state index in [9.17, 15) is 14.7 Å². The van der Waals surface area contributed by atoms with Crippen LogP contribution in [0, 0.1) is 5.92 Å². The van der Waals surface area contributed by atoms with Crippen molar-refractivity contribution in [1.82, 2.24) is 4.57 Å². The van der Waals surface area contributed by atoms with Crippen LogP contribution in [-0.2, 0) is 9.53 Å². The Morgan fingerprint density at radius 3 is 2.72 bits per heavy atom. The molecule has 0 bridgehead atoms. The molecular formula is C23H18ClNO4. The highest BCUT2D eigenvalue weighted by Gasteiger charge is 2.36. The molecular weight excluding hydrogens is 390 g/mol. The molecule has 1 aromatic heterocycles. The van der Waals surface area contributed by atoms with Gasteiger partial charge in [-0.3, -0.25) is 9.36 Å². The Kier molecular flexibility index (Phi) is 5.09. The minimum Gasteiger partial charge on any atom is -0.462 e. The van der Waals surface area contributed by atoms with E-state index in [1.54, 1.807) is 30.5 Å². The number of aliphatic hydroxyl groups is 1. The number of cyclic esters (lactones) is 1. The summed E-state index contributed by atoms with van der Waals surface area (Å²) in [6.45, 7) is 3.77. The summed E-state index contributed by atoms with van der Waals surface area (Å²) in [5.41, 5.74) is 2.23. The van der Waals surface area contributed by atoms with Crippen LogP contribution in [0.1, 0.15) is 22.0 Å². The molecule has 2 unspecified atom stereocenters. The summed E-state index contributed by atoms with van der Waals surface area (Å²) >= 11 is 6.15. The lowest BCUT2D eigenvalue weighted by molar-refractivity contribution is -0.135. The van der Waals surface area contributed by atoms with Gasteiger partial charge in [0.2, 0.25) is 0 Å². The van der Waals surface area contributed by atoms with Gasteiger partial charge in [-0.25, -0.2) is 4.79 Å². The Balaban J connectivity index is 1.74. The van der Waals surface area contributed by atoms with Gasteiger partial charge in [-0.05, 0) is 29.8 Å². The molecule has 29 heavy (non-hydrogen) atoms. The fraction of sp³-hybridized carbons (Fsp3) is 0.130. The SMILES string of the molecule is C=C1C(=O)OCC1C(O)c1cn(C(=O)/C=C/c2ccccc2)c2ccc(Cl)cc12. The van der Waals surface area contributed by atoms with Crippen LogP contribution in [0.25, 0.3) is 17.0 Å². The molecule has 1 aliphatic heterocycles. The number of aliphatic hydroxyl groups excluding tert-OH is 1. The molecule has 0 saturated carbocycles. The van der Waals surface area contributed by atoms with Crippen molar-refractivity contribution in [3.63, 3.8) is 0 Å². The van der Waals surface area contributed by atoms with E-state index in [4.69, 9.17) is 16.3 Å². The summed E-state index contributed by atoms with van der Waals surface area (Å²) in [6.07, 6.45) is 3.73. The van der Waals surface area contributed by atoms with Gasteiger partial charge in [0, 0.05) is 33.8 Å². The van der Waals surface area contributed by atoms with Gasteiger partial charge in [0.05, 0.1) is 17.5 Å². The summed E-state index contributed by atoms with van der Waals surface area (Å²) < 4.78 is 6.45. The van der Waals surface area contributed by atoms with Crippen LogP contribution in [0.4, 0.5) is 0 Å². The standard InChI is InChI=1S/C23H18ClNO4/c1-14-19(13-29-23(14)28)22(27)18-12-25(20-9-8-16(24)11-17(18)20)21(26)10-7-15-5-3-2-4-6-15/h2-12,19,22,27H,1,13H2/b10-7+. The van der Waals surface area contributed by atoms with Gasteiger partial charge in [-0.15, -0.1) is 0 Å². The van der Waals surface area contributed by atoms with E-state index >= 15 is 0 Å². The molecule has 4 rings (SSSR count). The number of carbonyl (C=O) groups excluding carboxylic acids is 2. The van der Waals surface area contributed by atoms with Crippen molar-refractivity contribution < 1.29 is 19.4 Å². The minimum atomic E-state index is -1.05. The van der Waals surface area contributed by atoms with Crippen molar-refractivity contribution in [2.75, 3.05) is 6.61 Å². The molecule has 1 fully saturated rings. The lowest BCUT2D eigenvalue weighted by Crippen LogP contribution is -2.14. The Bertz CT molecular complexity index is 1150. The van der Waals surface area contributed by atoms with Crippen LogP contribution in [0.15, 0.2) is 73.0 Å². The second kappa shape index (κ2) is 7.70. The number of hydrogen-bond acceptors (Lipinski definition) is 4. The van der Waals surface area contributed by atoms with Crippen molar-refractivity contribution >= 4 is 40.5 Å². The molecule has 146 valence electrons. The highest BCUT2D eigenvalue weighted by atomic mass is 35.5. The van der Waals surface area contributed by atoms with E-state index in [1.807, 2.05) is 30.3 Å². The molecule has 1 N–H and O–H groups in total. The Hall–Kier alpha value is -3.15. The molecule has 2 aromatic carbocycles. The van der Waals surface area contributed by atoms with Crippen LogP contribution in [0.2, 0.25) is 5.02 Å². The summed E-state index contributed by atoms with van der Waals surface area (Å²) in [5.74, 6) is -1.36. The summed E-state index contributed by atoms with van der Waals surface area (Å²) in [5, 5.41) is 12.0. The topological polar surface area (TPSA) is 68.5 Å². The fourth-order valence-corrected chi connectivity index (χ4v) is 3.64. The number of ether oxygens (including phenoxy) is 1. The Morgan fingerprint density at radius 1 is 1.28 bits per heavy atom. The first-order valence-electron chi connectivity index (χ1n) is 9.07. The van der Waals surface area contributed by atoms with Crippen molar-refractivity contribution in [3.05, 3.63) is 89.1 Å². The van der Waals surface area contributed by atoms with E-state index in [2.05, 4.69) is 6.58 Å². The number of hydrogen-bond donors (Lipinski definition) is 1. The quantitative estimate of drug-likeness (QED) is 0.513. The molecule has 5 nitrogen and oxygen atoms in total. The third-order valence-corrected chi connectivity index (χ3v) is 5.29. The number of carbonyl (C=O) groups is 2. The van der Waals surface area contributed by atoms with Gasteiger partial charge in [-0.2, -0.15) is 0 Å². The largest absolute Gasteiger partial charge is 0.462 e. The maximum atomic E-state index is 12.9. The number of esters is 1.